The number of anilines is 1. The van der Waals surface area contributed by atoms with Crippen molar-refractivity contribution in [1.82, 2.24) is 4.98 Å². The number of carboxylic acid groups (broad SMARTS) is 1. The molecule has 1 aromatic carbocycles. The number of nitrogens with zero attached hydrogens (tertiary/aromatic N) is 2. The highest BCUT2D eigenvalue weighted by atomic mass is 16.4. The molecule has 0 aliphatic rings. The Balaban J connectivity index is 2.37. The molecule has 0 bridgehead atoms. The second-order valence-electron chi connectivity index (χ2n) is 5.80. The van der Waals surface area contributed by atoms with Crippen LogP contribution in [0.25, 0.3) is 0 Å². The second-order valence-corrected chi connectivity index (χ2v) is 5.80. The van der Waals surface area contributed by atoms with Gasteiger partial charge in [-0.15, -0.1) is 0 Å². The van der Waals surface area contributed by atoms with Gasteiger partial charge in [0.2, 0.25) is 0 Å². The van der Waals surface area contributed by atoms with E-state index in [4.69, 9.17) is 0 Å². The summed E-state index contributed by atoms with van der Waals surface area (Å²) in [5, 5.41) is 12.2. The van der Waals surface area contributed by atoms with Gasteiger partial charge in [0.05, 0.1) is 5.69 Å². The molecule has 0 radical (unpaired) electrons. The number of hydrogen-bond acceptors (Lipinski definition) is 4. The number of aliphatic imine (C=N–C) groups is 1. The van der Waals surface area contributed by atoms with Crippen molar-refractivity contribution >= 4 is 23.3 Å². The Labute approximate surface area is 153 Å². The Morgan fingerprint density at radius 1 is 1.15 bits per heavy atom. The monoisotopic (exact) mass is 353 g/mol. The van der Waals surface area contributed by atoms with E-state index >= 15 is 0 Å². The maximum absolute atomic E-state index is 12.4. The first-order valence-electron chi connectivity index (χ1n) is 8.68. The van der Waals surface area contributed by atoms with Crippen LogP contribution < -0.4 is 5.32 Å². The second kappa shape index (κ2) is 9.46. The van der Waals surface area contributed by atoms with Crippen molar-refractivity contribution in [1.29, 1.82) is 0 Å². The molecule has 136 valence electrons. The minimum atomic E-state index is -0.948. The Bertz CT molecular complexity index is 788. The van der Waals surface area contributed by atoms with Crippen molar-refractivity contribution in [2.75, 3.05) is 5.32 Å². The number of pyridine rings is 1. The summed E-state index contributed by atoms with van der Waals surface area (Å²) in [5.41, 5.74) is 2.32. The van der Waals surface area contributed by atoms with Crippen molar-refractivity contribution in [3.8, 4) is 0 Å². The molecule has 0 spiro atoms. The van der Waals surface area contributed by atoms with Gasteiger partial charge in [-0.3, -0.25) is 14.8 Å². The fourth-order valence-corrected chi connectivity index (χ4v) is 2.54. The average molecular weight is 353 g/mol. The van der Waals surface area contributed by atoms with E-state index in [0.29, 0.717) is 29.9 Å². The number of carboxylic acids is 1. The number of hydrogen-bond donors (Lipinski definition) is 2. The molecule has 1 unspecified atom stereocenters. The molecule has 0 saturated carbocycles. The predicted molar refractivity (Wildman–Crippen MR) is 102 cm³/mol. The summed E-state index contributed by atoms with van der Waals surface area (Å²) in [7, 11) is 0. The Kier molecular flexibility index (Phi) is 7.02. The van der Waals surface area contributed by atoms with E-state index in [2.05, 4.69) is 15.3 Å². The minimum Gasteiger partial charge on any atom is -0.480 e. The average Bonchev–Trinajstić information content (AvgIpc) is 2.66. The van der Waals surface area contributed by atoms with Crippen LogP contribution in [0.4, 0.5) is 5.69 Å². The molecule has 1 heterocycles. The SMILES string of the molecule is CCCC(=NC(CC)C(=O)O)c1ccccc1NC(=O)c1ccccn1. The van der Waals surface area contributed by atoms with E-state index < -0.39 is 12.0 Å². The number of rotatable bonds is 8. The van der Waals surface area contributed by atoms with Gasteiger partial charge in [0.25, 0.3) is 5.91 Å². The smallest absolute Gasteiger partial charge is 0.328 e. The molecule has 0 aliphatic heterocycles. The fraction of sp³-hybridized carbons (Fsp3) is 0.300. The van der Waals surface area contributed by atoms with Gasteiger partial charge >= 0.3 is 5.97 Å². The maximum Gasteiger partial charge on any atom is 0.328 e. The number of aliphatic carboxylic acids is 1. The normalized spacial score (nSPS) is 12.5. The zero-order chi connectivity index (χ0) is 18.9. The molecule has 1 aromatic heterocycles. The summed E-state index contributed by atoms with van der Waals surface area (Å²) < 4.78 is 0. The lowest BCUT2D eigenvalue weighted by Gasteiger charge is -2.15. The van der Waals surface area contributed by atoms with Gasteiger partial charge in [0.1, 0.15) is 11.7 Å². The van der Waals surface area contributed by atoms with Crippen molar-refractivity contribution in [2.45, 2.75) is 39.2 Å². The van der Waals surface area contributed by atoms with Crippen molar-refractivity contribution in [2.24, 2.45) is 4.99 Å². The maximum atomic E-state index is 12.4. The number of nitrogens with one attached hydrogen (secondary N) is 1. The number of benzene rings is 1. The predicted octanol–water partition coefficient (Wildman–Crippen LogP) is 3.79. The summed E-state index contributed by atoms with van der Waals surface area (Å²) in [6.07, 6.45) is 3.41. The van der Waals surface area contributed by atoms with E-state index in [1.54, 1.807) is 37.4 Å². The van der Waals surface area contributed by atoms with Crippen LogP contribution in [0.1, 0.15) is 49.2 Å². The van der Waals surface area contributed by atoms with Crippen LogP contribution in [0.2, 0.25) is 0 Å². The lowest BCUT2D eigenvalue weighted by atomic mass is 10.0. The van der Waals surface area contributed by atoms with Gasteiger partial charge < -0.3 is 10.4 Å². The van der Waals surface area contributed by atoms with Gasteiger partial charge in [0.15, 0.2) is 0 Å². The van der Waals surface area contributed by atoms with Crippen molar-refractivity contribution in [3.63, 3.8) is 0 Å². The third-order valence-electron chi connectivity index (χ3n) is 3.85. The Morgan fingerprint density at radius 2 is 1.88 bits per heavy atom. The van der Waals surface area contributed by atoms with Crippen molar-refractivity contribution < 1.29 is 14.7 Å². The highest BCUT2D eigenvalue weighted by molar-refractivity contribution is 6.10. The van der Waals surface area contributed by atoms with Gasteiger partial charge in [-0.05, 0) is 31.0 Å². The summed E-state index contributed by atoms with van der Waals surface area (Å²) >= 11 is 0. The molecular formula is C20H23N3O3. The van der Waals surface area contributed by atoms with E-state index in [9.17, 15) is 14.7 Å². The summed E-state index contributed by atoms with van der Waals surface area (Å²) in [4.78, 5) is 32.3. The zero-order valence-corrected chi connectivity index (χ0v) is 15.0. The van der Waals surface area contributed by atoms with Crippen LogP contribution in [-0.2, 0) is 4.79 Å². The molecule has 2 N–H and O–H groups in total. The van der Waals surface area contributed by atoms with Gasteiger partial charge in [0, 0.05) is 17.5 Å². The van der Waals surface area contributed by atoms with Crippen LogP contribution >= 0.6 is 0 Å². The summed E-state index contributed by atoms with van der Waals surface area (Å²) in [6, 6.07) is 11.6. The molecular weight excluding hydrogens is 330 g/mol. The van der Waals surface area contributed by atoms with Crippen LogP contribution in [0.15, 0.2) is 53.7 Å². The molecule has 6 heteroatoms. The lowest BCUT2D eigenvalue weighted by Crippen LogP contribution is -2.21. The number of carbonyl (C=O) groups excluding carboxylic acids is 1. The zero-order valence-electron chi connectivity index (χ0n) is 15.0. The molecule has 1 amide bonds. The Morgan fingerprint density at radius 3 is 2.50 bits per heavy atom. The largest absolute Gasteiger partial charge is 0.480 e. The van der Waals surface area contributed by atoms with Crippen LogP contribution in [0.3, 0.4) is 0 Å². The van der Waals surface area contributed by atoms with Crippen LogP contribution in [0, 0.1) is 0 Å². The molecule has 0 fully saturated rings. The number of amides is 1. The molecule has 6 nitrogen and oxygen atoms in total. The fourth-order valence-electron chi connectivity index (χ4n) is 2.54. The molecule has 2 aromatic rings. The van der Waals surface area contributed by atoms with E-state index in [1.165, 1.54) is 0 Å². The third-order valence-corrected chi connectivity index (χ3v) is 3.85. The van der Waals surface area contributed by atoms with Gasteiger partial charge in [-0.2, -0.15) is 0 Å². The first kappa shape index (κ1) is 19.3. The molecule has 0 saturated heterocycles. The standard InChI is InChI=1S/C20H23N3O3/c1-3-9-16(22-15(4-2)20(25)26)14-10-5-6-11-17(14)23-19(24)18-12-7-8-13-21-18/h5-8,10-13,15H,3-4,9H2,1-2H3,(H,23,24)(H,25,26). The topological polar surface area (TPSA) is 91.6 Å². The van der Waals surface area contributed by atoms with E-state index in [1.807, 2.05) is 25.1 Å². The number of carbonyl (C=O) groups is 2. The summed E-state index contributed by atoms with van der Waals surface area (Å²) in [6.45, 7) is 3.80. The minimum absolute atomic E-state index is 0.313. The van der Waals surface area contributed by atoms with Crippen LogP contribution in [-0.4, -0.2) is 33.7 Å². The van der Waals surface area contributed by atoms with Crippen molar-refractivity contribution in [3.05, 3.63) is 59.9 Å². The van der Waals surface area contributed by atoms with E-state index in [-0.39, 0.29) is 5.91 Å². The van der Waals surface area contributed by atoms with Gasteiger partial charge in [-0.1, -0.05) is 44.5 Å². The lowest BCUT2D eigenvalue weighted by molar-refractivity contribution is -0.138. The van der Waals surface area contributed by atoms with E-state index in [0.717, 1.165) is 12.0 Å². The highest BCUT2D eigenvalue weighted by Gasteiger charge is 2.18. The molecule has 1 atom stereocenters. The quantitative estimate of drug-likeness (QED) is 0.706. The molecule has 2 rings (SSSR count). The third kappa shape index (κ3) is 4.99. The number of aromatic nitrogens is 1. The highest BCUT2D eigenvalue weighted by Crippen LogP contribution is 2.20. The first-order chi connectivity index (χ1) is 12.6. The first-order valence-corrected chi connectivity index (χ1v) is 8.68. The summed E-state index contributed by atoms with van der Waals surface area (Å²) in [5.74, 6) is -1.27. The van der Waals surface area contributed by atoms with Crippen LogP contribution in [0.5, 0.6) is 0 Å². The van der Waals surface area contributed by atoms with Gasteiger partial charge in [-0.25, -0.2) is 4.79 Å². The molecule has 0 aliphatic carbocycles. The molecule has 26 heavy (non-hydrogen) atoms. The Hall–Kier alpha value is -3.02. The number of para-hydroxylation sites is 1.